The molecular formula is C48H46N4O4S8. The maximum atomic E-state index is 6.32. The van der Waals surface area contributed by atoms with E-state index >= 15 is 0 Å². The number of ether oxygens (including phenoxy) is 4. The minimum Gasteiger partial charge on any atom is -0.495 e. The number of thiophene rings is 4. The topological polar surface area (TPSA) is 88.5 Å². The summed E-state index contributed by atoms with van der Waals surface area (Å²) in [6, 6.07) is 8.97. The Morgan fingerprint density at radius 3 is 1.22 bits per heavy atom. The van der Waals surface area contributed by atoms with E-state index in [2.05, 4.69) is 62.7 Å². The average molecular weight is 999 g/mol. The molecule has 0 N–H and O–H groups in total. The highest BCUT2D eigenvalue weighted by atomic mass is 32.1. The summed E-state index contributed by atoms with van der Waals surface area (Å²) in [7, 11) is 7.09. The first-order valence-corrected chi connectivity index (χ1v) is 28.1. The molecule has 330 valence electrons. The summed E-state index contributed by atoms with van der Waals surface area (Å²) >= 11 is 13.9. The molecule has 2 aromatic carbocycles. The van der Waals surface area contributed by atoms with Gasteiger partial charge in [-0.15, -0.1) is 90.7 Å². The molecule has 10 aromatic rings. The molecule has 64 heavy (non-hydrogen) atoms. The minimum absolute atomic E-state index is 0.873. The Morgan fingerprint density at radius 1 is 0.422 bits per heavy atom. The van der Waals surface area contributed by atoms with Gasteiger partial charge >= 0.3 is 0 Å². The van der Waals surface area contributed by atoms with E-state index in [1.165, 1.54) is 24.4 Å². The van der Waals surface area contributed by atoms with Gasteiger partial charge in [0.1, 0.15) is 23.0 Å². The summed E-state index contributed by atoms with van der Waals surface area (Å²) in [4.78, 5) is 27.9. The molecule has 0 radical (unpaired) electrons. The predicted octanol–water partition coefficient (Wildman–Crippen LogP) is 16.6. The normalized spacial score (nSPS) is 11.9. The van der Waals surface area contributed by atoms with Crippen LogP contribution in [-0.4, -0.2) is 48.4 Å². The molecule has 0 amide bonds. The van der Waals surface area contributed by atoms with E-state index in [1.807, 2.05) is 0 Å². The SMILES string of the molecule is CCCc1csc(-c2nc(CCC)c(-c3cc4c(OC)c5sc(-c6sc(-c7nc(CCC)c(-c8cc9c(OC)c%10sccc%10c(OC)c9s8)s7)nc6CCC)cc5c(OC)c4s3)s2)n1. The Kier molecular flexibility index (Phi) is 12.6. The molecule has 0 aliphatic heterocycles. The van der Waals surface area contributed by atoms with Crippen LogP contribution in [0.25, 0.3) is 89.6 Å². The molecular weight excluding hydrogens is 953 g/mol. The zero-order valence-electron chi connectivity index (χ0n) is 36.8. The van der Waals surface area contributed by atoms with Gasteiger partial charge in [0.05, 0.1) is 84.6 Å². The van der Waals surface area contributed by atoms with Gasteiger partial charge in [-0.05, 0) is 55.3 Å². The number of rotatable bonds is 17. The van der Waals surface area contributed by atoms with Crippen LogP contribution in [0.15, 0.2) is 35.0 Å². The van der Waals surface area contributed by atoms with Crippen molar-refractivity contribution in [3.05, 3.63) is 57.8 Å². The Bertz CT molecular complexity index is 3200. The smallest absolute Gasteiger partial charge is 0.153 e. The summed E-state index contributed by atoms with van der Waals surface area (Å²) in [5.41, 5.74) is 4.49. The third kappa shape index (κ3) is 7.45. The maximum absolute atomic E-state index is 6.32. The fourth-order valence-corrected chi connectivity index (χ4v) is 17.5. The molecule has 0 saturated heterocycles. The number of benzene rings is 2. The van der Waals surface area contributed by atoms with Crippen molar-refractivity contribution in [3.8, 4) is 72.3 Å². The largest absolute Gasteiger partial charge is 0.495 e. The molecule has 8 aromatic heterocycles. The molecule has 10 rings (SSSR count). The molecule has 0 atom stereocenters. The number of aromatic nitrogens is 4. The third-order valence-electron chi connectivity index (χ3n) is 11.1. The van der Waals surface area contributed by atoms with Gasteiger partial charge in [0, 0.05) is 41.6 Å². The number of hydrogen-bond acceptors (Lipinski definition) is 16. The van der Waals surface area contributed by atoms with Gasteiger partial charge in [0.15, 0.2) is 20.0 Å². The molecule has 0 unspecified atom stereocenters. The van der Waals surface area contributed by atoms with Crippen molar-refractivity contribution in [1.29, 1.82) is 0 Å². The monoisotopic (exact) mass is 998 g/mol. The van der Waals surface area contributed by atoms with Crippen molar-refractivity contribution >= 4 is 131 Å². The molecule has 8 nitrogen and oxygen atoms in total. The summed E-state index contributed by atoms with van der Waals surface area (Å²) in [6.45, 7) is 8.85. The first-order chi connectivity index (χ1) is 31.3. The van der Waals surface area contributed by atoms with Crippen LogP contribution >= 0.6 is 90.7 Å². The molecule has 0 spiro atoms. The predicted molar refractivity (Wildman–Crippen MR) is 280 cm³/mol. The highest BCUT2D eigenvalue weighted by Crippen LogP contribution is 2.56. The van der Waals surface area contributed by atoms with Gasteiger partial charge in [-0.3, -0.25) is 0 Å². The Balaban J connectivity index is 1.06. The zero-order valence-corrected chi connectivity index (χ0v) is 43.3. The van der Waals surface area contributed by atoms with Crippen molar-refractivity contribution in [2.45, 2.75) is 79.1 Å². The molecule has 0 saturated carbocycles. The van der Waals surface area contributed by atoms with E-state index in [9.17, 15) is 0 Å². The second kappa shape index (κ2) is 18.4. The van der Waals surface area contributed by atoms with Crippen LogP contribution in [0.4, 0.5) is 0 Å². The summed E-state index contributed by atoms with van der Waals surface area (Å²) < 4.78 is 29.1. The van der Waals surface area contributed by atoms with Crippen LogP contribution in [0.1, 0.15) is 76.2 Å². The van der Waals surface area contributed by atoms with Crippen molar-refractivity contribution in [1.82, 2.24) is 19.9 Å². The zero-order chi connectivity index (χ0) is 44.2. The van der Waals surface area contributed by atoms with Crippen LogP contribution in [0.2, 0.25) is 0 Å². The summed E-state index contributed by atoms with van der Waals surface area (Å²) in [5, 5.41) is 12.5. The van der Waals surface area contributed by atoms with Crippen molar-refractivity contribution < 1.29 is 18.9 Å². The standard InChI is InChI=1S/C48H46N4O4S8/c1-9-13-23-22-58-45(49-23)46-50-28(14-10-2)42(62-46)32-20-26-36(55-7)41-27(37(56-8)40(26)60-32)21-33(61-41)44-30(16-12-4)52-48(64-44)47-51-29(15-11-3)43(63-47)31-19-25-35(54-6)38-24(17-18-57-38)34(53-5)39(25)59-31/h17-22H,9-16H2,1-8H3. The van der Waals surface area contributed by atoms with Crippen LogP contribution in [0.5, 0.6) is 23.0 Å². The van der Waals surface area contributed by atoms with Gasteiger partial charge in [0.25, 0.3) is 0 Å². The molecule has 8 heterocycles. The van der Waals surface area contributed by atoms with Gasteiger partial charge < -0.3 is 18.9 Å². The van der Waals surface area contributed by atoms with E-state index in [4.69, 9.17) is 38.9 Å². The summed E-state index contributed by atoms with van der Waals surface area (Å²) in [6.07, 6.45) is 7.74. The molecule has 0 bridgehead atoms. The fourth-order valence-electron chi connectivity index (χ4n) is 8.39. The minimum atomic E-state index is 0.873. The first kappa shape index (κ1) is 43.9. The van der Waals surface area contributed by atoms with Gasteiger partial charge in [0.2, 0.25) is 0 Å². The maximum Gasteiger partial charge on any atom is 0.153 e. The van der Waals surface area contributed by atoms with Gasteiger partial charge in [-0.2, -0.15) is 0 Å². The highest BCUT2D eigenvalue weighted by molar-refractivity contribution is 7.31. The summed E-state index contributed by atoms with van der Waals surface area (Å²) in [5.74, 6) is 3.56. The highest BCUT2D eigenvalue weighted by Gasteiger charge is 2.28. The van der Waals surface area contributed by atoms with E-state index in [1.54, 1.807) is 119 Å². The van der Waals surface area contributed by atoms with Crippen LogP contribution < -0.4 is 18.9 Å². The van der Waals surface area contributed by atoms with Gasteiger partial charge in [-0.1, -0.05) is 53.4 Å². The van der Waals surface area contributed by atoms with E-state index < -0.39 is 0 Å². The number of hydrogen-bond donors (Lipinski definition) is 0. The first-order valence-electron chi connectivity index (χ1n) is 21.5. The lowest BCUT2D eigenvalue weighted by Crippen LogP contribution is -1.88. The molecule has 0 fully saturated rings. The Morgan fingerprint density at radius 2 is 0.812 bits per heavy atom. The second-order valence-corrected chi connectivity index (χ2v) is 23.3. The van der Waals surface area contributed by atoms with Crippen molar-refractivity contribution in [2.24, 2.45) is 0 Å². The number of fused-ring (bicyclic) bond motifs is 4. The number of nitrogens with zero attached hydrogens (tertiary/aromatic N) is 4. The van der Waals surface area contributed by atoms with Crippen molar-refractivity contribution in [3.63, 3.8) is 0 Å². The number of thiazole rings is 4. The van der Waals surface area contributed by atoms with E-state index in [0.29, 0.717) is 0 Å². The lowest BCUT2D eigenvalue weighted by molar-refractivity contribution is 0.419. The van der Waals surface area contributed by atoms with Crippen LogP contribution in [0.3, 0.4) is 0 Å². The molecule has 0 aliphatic rings. The second-order valence-electron chi connectivity index (χ2n) is 15.4. The average Bonchev–Trinajstić information content (AvgIpc) is 4.14. The van der Waals surface area contributed by atoms with E-state index in [0.717, 1.165) is 162 Å². The van der Waals surface area contributed by atoms with Crippen LogP contribution in [0, 0.1) is 0 Å². The Labute approximate surface area is 404 Å². The lowest BCUT2D eigenvalue weighted by Gasteiger charge is -2.08. The quantitative estimate of drug-likeness (QED) is 0.0891. The van der Waals surface area contributed by atoms with Crippen molar-refractivity contribution in [2.75, 3.05) is 28.4 Å². The molecule has 0 aliphatic carbocycles. The van der Waals surface area contributed by atoms with Gasteiger partial charge in [-0.25, -0.2) is 19.9 Å². The Hall–Kier alpha value is -4.00. The van der Waals surface area contributed by atoms with Crippen LogP contribution in [-0.2, 0) is 25.7 Å². The number of aryl methyl sites for hydroxylation is 4. The number of methoxy groups -OCH3 is 4. The fraction of sp³-hybridized carbons (Fsp3) is 0.333. The lowest BCUT2D eigenvalue weighted by atomic mass is 10.1. The van der Waals surface area contributed by atoms with E-state index in [-0.39, 0.29) is 0 Å². The molecule has 16 heteroatoms. The third-order valence-corrected chi connectivity index (χ3v) is 20.5.